The molecule has 0 aliphatic carbocycles. The fourth-order valence-corrected chi connectivity index (χ4v) is 1.64. The molecule has 0 radical (unpaired) electrons. The summed E-state index contributed by atoms with van der Waals surface area (Å²) in [5.41, 5.74) is 0.918. The monoisotopic (exact) mass is 178 g/mol. The molecule has 0 aromatic heterocycles. The van der Waals surface area contributed by atoms with Crippen molar-refractivity contribution in [3.05, 3.63) is 42.2 Å². The highest BCUT2D eigenvalue weighted by Crippen LogP contribution is 2.34. The van der Waals surface area contributed by atoms with Crippen LogP contribution in [0.3, 0.4) is 0 Å². The SMILES string of the molecule is C=CC1CCOc2ccc(F)cc21. The summed E-state index contributed by atoms with van der Waals surface area (Å²) < 4.78 is 18.3. The summed E-state index contributed by atoms with van der Waals surface area (Å²) in [5.74, 6) is 0.813. The Morgan fingerprint density at radius 3 is 3.15 bits per heavy atom. The van der Waals surface area contributed by atoms with Gasteiger partial charge in [-0.15, -0.1) is 6.58 Å². The highest BCUT2D eigenvalue weighted by molar-refractivity contribution is 5.40. The van der Waals surface area contributed by atoms with E-state index in [4.69, 9.17) is 4.74 Å². The number of allylic oxidation sites excluding steroid dienone is 1. The standard InChI is InChI=1S/C11H11FO/c1-2-8-5-6-13-11-4-3-9(12)7-10(8)11/h2-4,7-8H,1,5-6H2. The van der Waals surface area contributed by atoms with Crippen LogP contribution in [0.15, 0.2) is 30.9 Å². The lowest BCUT2D eigenvalue weighted by Crippen LogP contribution is -2.12. The average molecular weight is 178 g/mol. The van der Waals surface area contributed by atoms with Gasteiger partial charge in [0.1, 0.15) is 11.6 Å². The number of ether oxygens (including phenoxy) is 1. The minimum atomic E-state index is -0.212. The molecule has 1 heterocycles. The minimum absolute atomic E-state index is 0.212. The molecule has 0 amide bonds. The van der Waals surface area contributed by atoms with Gasteiger partial charge in [0.2, 0.25) is 0 Å². The van der Waals surface area contributed by atoms with Crippen LogP contribution < -0.4 is 4.74 Å². The number of fused-ring (bicyclic) bond motifs is 1. The predicted octanol–water partition coefficient (Wildman–Crippen LogP) is 2.88. The molecule has 68 valence electrons. The van der Waals surface area contributed by atoms with Crippen molar-refractivity contribution in [3.8, 4) is 5.75 Å². The Kier molecular flexibility index (Phi) is 2.05. The maximum absolute atomic E-state index is 12.9. The van der Waals surface area contributed by atoms with Crippen LogP contribution in [0.1, 0.15) is 17.9 Å². The summed E-state index contributed by atoms with van der Waals surface area (Å²) in [4.78, 5) is 0. The lowest BCUT2D eigenvalue weighted by atomic mass is 9.93. The van der Waals surface area contributed by atoms with Gasteiger partial charge in [-0.2, -0.15) is 0 Å². The van der Waals surface area contributed by atoms with Crippen LogP contribution in [-0.2, 0) is 0 Å². The summed E-state index contributed by atoms with van der Waals surface area (Å²) in [5, 5.41) is 0. The van der Waals surface area contributed by atoms with E-state index in [0.717, 1.165) is 17.7 Å². The predicted molar refractivity (Wildman–Crippen MR) is 49.5 cm³/mol. The second-order valence-corrected chi connectivity index (χ2v) is 3.16. The largest absolute Gasteiger partial charge is 0.493 e. The molecule has 13 heavy (non-hydrogen) atoms. The van der Waals surface area contributed by atoms with Crippen LogP contribution >= 0.6 is 0 Å². The number of hydrogen-bond donors (Lipinski definition) is 0. The lowest BCUT2D eigenvalue weighted by Gasteiger charge is -2.23. The van der Waals surface area contributed by atoms with Crippen LogP contribution in [0.4, 0.5) is 4.39 Å². The third-order valence-electron chi connectivity index (χ3n) is 2.34. The van der Waals surface area contributed by atoms with Crippen molar-refractivity contribution in [2.45, 2.75) is 12.3 Å². The Hall–Kier alpha value is -1.31. The van der Waals surface area contributed by atoms with E-state index < -0.39 is 0 Å². The normalized spacial score (nSPS) is 20.2. The van der Waals surface area contributed by atoms with Crippen LogP contribution in [-0.4, -0.2) is 6.61 Å². The van der Waals surface area contributed by atoms with Crippen LogP contribution in [0.5, 0.6) is 5.75 Å². The number of hydrogen-bond acceptors (Lipinski definition) is 1. The van der Waals surface area contributed by atoms with Crippen molar-refractivity contribution in [3.63, 3.8) is 0 Å². The topological polar surface area (TPSA) is 9.23 Å². The molecule has 1 unspecified atom stereocenters. The molecule has 1 aliphatic heterocycles. The molecule has 1 aromatic rings. The Bertz CT molecular complexity index is 333. The van der Waals surface area contributed by atoms with Crippen LogP contribution in [0.2, 0.25) is 0 Å². The maximum atomic E-state index is 12.9. The van der Waals surface area contributed by atoms with Crippen molar-refractivity contribution in [1.29, 1.82) is 0 Å². The van der Waals surface area contributed by atoms with E-state index in [1.165, 1.54) is 12.1 Å². The third kappa shape index (κ3) is 1.44. The van der Waals surface area contributed by atoms with E-state index in [9.17, 15) is 4.39 Å². The molecule has 2 heteroatoms. The molecular formula is C11H11FO. The van der Waals surface area contributed by atoms with Crippen molar-refractivity contribution < 1.29 is 9.13 Å². The van der Waals surface area contributed by atoms with Gasteiger partial charge in [-0.05, 0) is 24.6 Å². The van der Waals surface area contributed by atoms with E-state index in [1.807, 2.05) is 6.08 Å². The van der Waals surface area contributed by atoms with Gasteiger partial charge in [-0.25, -0.2) is 4.39 Å². The molecule has 0 saturated heterocycles. The van der Waals surface area contributed by atoms with Gasteiger partial charge in [0.25, 0.3) is 0 Å². The Labute approximate surface area is 76.8 Å². The first kappa shape index (κ1) is 8.30. The van der Waals surface area contributed by atoms with Gasteiger partial charge < -0.3 is 4.74 Å². The molecule has 0 spiro atoms. The number of rotatable bonds is 1. The highest BCUT2D eigenvalue weighted by atomic mass is 19.1. The second kappa shape index (κ2) is 3.21. The highest BCUT2D eigenvalue weighted by Gasteiger charge is 2.18. The fraction of sp³-hybridized carbons (Fsp3) is 0.273. The number of benzene rings is 1. The first-order valence-corrected chi connectivity index (χ1v) is 4.36. The Morgan fingerprint density at radius 1 is 1.54 bits per heavy atom. The zero-order valence-corrected chi connectivity index (χ0v) is 7.29. The van der Waals surface area contributed by atoms with Crippen LogP contribution in [0, 0.1) is 5.82 Å². The molecule has 0 bridgehead atoms. The van der Waals surface area contributed by atoms with Gasteiger partial charge in [-0.3, -0.25) is 0 Å². The zero-order chi connectivity index (χ0) is 9.26. The summed E-state index contributed by atoms with van der Waals surface area (Å²) in [7, 11) is 0. The molecular weight excluding hydrogens is 167 g/mol. The van der Waals surface area contributed by atoms with Gasteiger partial charge >= 0.3 is 0 Å². The van der Waals surface area contributed by atoms with E-state index >= 15 is 0 Å². The quantitative estimate of drug-likeness (QED) is 0.601. The second-order valence-electron chi connectivity index (χ2n) is 3.16. The molecule has 1 atom stereocenters. The van der Waals surface area contributed by atoms with E-state index in [2.05, 4.69) is 6.58 Å². The molecule has 1 aromatic carbocycles. The summed E-state index contributed by atoms with van der Waals surface area (Å²) >= 11 is 0. The Balaban J connectivity index is 2.47. The van der Waals surface area contributed by atoms with Crippen LogP contribution in [0.25, 0.3) is 0 Å². The minimum Gasteiger partial charge on any atom is -0.493 e. The zero-order valence-electron chi connectivity index (χ0n) is 7.29. The van der Waals surface area contributed by atoms with Gasteiger partial charge in [0.15, 0.2) is 0 Å². The van der Waals surface area contributed by atoms with E-state index in [1.54, 1.807) is 6.07 Å². The molecule has 0 fully saturated rings. The van der Waals surface area contributed by atoms with E-state index in [0.29, 0.717) is 6.61 Å². The fourth-order valence-electron chi connectivity index (χ4n) is 1.64. The lowest BCUT2D eigenvalue weighted by molar-refractivity contribution is 0.278. The van der Waals surface area contributed by atoms with Gasteiger partial charge in [0.05, 0.1) is 6.61 Å². The molecule has 1 aliphatic rings. The van der Waals surface area contributed by atoms with Gasteiger partial charge in [-0.1, -0.05) is 6.08 Å². The average Bonchev–Trinajstić information content (AvgIpc) is 2.17. The van der Waals surface area contributed by atoms with Crippen molar-refractivity contribution >= 4 is 0 Å². The van der Waals surface area contributed by atoms with E-state index in [-0.39, 0.29) is 11.7 Å². The summed E-state index contributed by atoms with van der Waals surface area (Å²) in [6.07, 6.45) is 2.74. The Morgan fingerprint density at radius 2 is 2.38 bits per heavy atom. The van der Waals surface area contributed by atoms with Crippen molar-refractivity contribution in [2.24, 2.45) is 0 Å². The first-order chi connectivity index (χ1) is 6.31. The molecule has 2 rings (SSSR count). The maximum Gasteiger partial charge on any atom is 0.123 e. The summed E-state index contributed by atoms with van der Waals surface area (Å²) in [6, 6.07) is 4.63. The number of halogens is 1. The van der Waals surface area contributed by atoms with Crippen molar-refractivity contribution in [2.75, 3.05) is 6.61 Å². The smallest absolute Gasteiger partial charge is 0.123 e. The summed E-state index contributed by atoms with van der Waals surface area (Å²) in [6.45, 7) is 4.42. The van der Waals surface area contributed by atoms with Gasteiger partial charge in [0, 0.05) is 11.5 Å². The third-order valence-corrected chi connectivity index (χ3v) is 2.34. The first-order valence-electron chi connectivity index (χ1n) is 4.36. The van der Waals surface area contributed by atoms with Crippen molar-refractivity contribution in [1.82, 2.24) is 0 Å². The molecule has 0 N–H and O–H groups in total. The molecule has 0 saturated carbocycles. The molecule has 1 nitrogen and oxygen atoms in total.